The van der Waals surface area contributed by atoms with E-state index in [1.165, 1.54) is 23.5 Å². The van der Waals surface area contributed by atoms with Crippen molar-refractivity contribution >= 4 is 43.3 Å². The number of fused-ring (bicyclic) bond motifs is 1. The zero-order valence-electron chi connectivity index (χ0n) is 13.9. The van der Waals surface area contributed by atoms with E-state index in [9.17, 15) is 18.0 Å². The van der Waals surface area contributed by atoms with E-state index in [4.69, 9.17) is 4.74 Å². The Morgan fingerprint density at radius 1 is 1.36 bits per heavy atom. The van der Waals surface area contributed by atoms with Crippen LogP contribution < -0.4 is 4.80 Å². The number of esters is 1. The molecule has 0 atom stereocenters. The summed E-state index contributed by atoms with van der Waals surface area (Å²) in [5, 5.41) is 0. The number of carbonyl (C=O) groups excluding carboxylic acids is 2. The van der Waals surface area contributed by atoms with Gasteiger partial charge in [-0.25, -0.2) is 8.42 Å². The minimum atomic E-state index is -3.35. The number of thiazole rings is 1. The third kappa shape index (κ3) is 3.98. The maximum absolute atomic E-state index is 12.1. The largest absolute Gasteiger partial charge is 0.465 e. The van der Waals surface area contributed by atoms with Crippen LogP contribution in [-0.2, 0) is 30.7 Å². The Bertz CT molecular complexity index is 1010. The Kier molecular flexibility index (Phi) is 4.79. The van der Waals surface area contributed by atoms with Crippen LogP contribution in [0.15, 0.2) is 28.1 Å². The summed E-state index contributed by atoms with van der Waals surface area (Å²) >= 11 is 1.19. The number of nitrogens with zero attached hydrogens (tertiary/aromatic N) is 2. The van der Waals surface area contributed by atoms with Crippen LogP contribution in [0.1, 0.15) is 19.8 Å². The summed E-state index contributed by atoms with van der Waals surface area (Å²) in [5.74, 6) is -0.671. The summed E-state index contributed by atoms with van der Waals surface area (Å²) in [6, 6.07) is 4.65. The maximum atomic E-state index is 12.1. The van der Waals surface area contributed by atoms with Crippen molar-refractivity contribution in [3.05, 3.63) is 23.0 Å². The van der Waals surface area contributed by atoms with Gasteiger partial charge in [0.05, 0.1) is 21.7 Å². The molecule has 1 aliphatic carbocycles. The zero-order valence-corrected chi connectivity index (χ0v) is 15.5. The van der Waals surface area contributed by atoms with Crippen LogP contribution >= 0.6 is 11.3 Å². The molecule has 0 aliphatic heterocycles. The van der Waals surface area contributed by atoms with E-state index in [0.717, 1.165) is 19.1 Å². The first-order chi connectivity index (χ1) is 11.8. The Morgan fingerprint density at radius 2 is 2.08 bits per heavy atom. The van der Waals surface area contributed by atoms with Gasteiger partial charge in [-0.15, -0.1) is 0 Å². The number of hydrogen-bond donors (Lipinski definition) is 0. The molecule has 1 amide bonds. The van der Waals surface area contributed by atoms with E-state index >= 15 is 0 Å². The molecule has 0 radical (unpaired) electrons. The summed E-state index contributed by atoms with van der Waals surface area (Å²) in [6.45, 7) is 1.89. The molecule has 0 N–H and O–H groups in total. The fraction of sp³-hybridized carbons (Fsp3) is 0.438. The van der Waals surface area contributed by atoms with Crippen molar-refractivity contribution in [2.75, 3.05) is 12.9 Å². The lowest BCUT2D eigenvalue weighted by molar-refractivity contribution is -0.143. The number of rotatable bonds is 5. The van der Waals surface area contributed by atoms with E-state index in [2.05, 4.69) is 4.99 Å². The molecule has 3 rings (SSSR count). The van der Waals surface area contributed by atoms with Gasteiger partial charge in [-0.3, -0.25) is 9.59 Å². The molecule has 1 saturated carbocycles. The van der Waals surface area contributed by atoms with Crippen LogP contribution in [0.25, 0.3) is 10.2 Å². The molecule has 0 unspecified atom stereocenters. The molecule has 2 aromatic rings. The quantitative estimate of drug-likeness (QED) is 0.731. The van der Waals surface area contributed by atoms with Gasteiger partial charge in [0.15, 0.2) is 14.6 Å². The highest BCUT2D eigenvalue weighted by Gasteiger charge is 2.29. The summed E-state index contributed by atoms with van der Waals surface area (Å²) < 4.78 is 30.7. The SMILES string of the molecule is CCOC(=O)Cn1c(=NC(=O)C2CC2)sc2cc(S(C)(=O)=O)ccc21. The van der Waals surface area contributed by atoms with Crippen molar-refractivity contribution in [1.82, 2.24) is 4.57 Å². The van der Waals surface area contributed by atoms with Gasteiger partial charge >= 0.3 is 5.97 Å². The van der Waals surface area contributed by atoms with E-state index < -0.39 is 15.8 Å². The van der Waals surface area contributed by atoms with Crippen molar-refractivity contribution in [3.63, 3.8) is 0 Å². The first kappa shape index (κ1) is 17.8. The van der Waals surface area contributed by atoms with Crippen molar-refractivity contribution in [2.45, 2.75) is 31.2 Å². The molecule has 0 spiro atoms. The summed E-state index contributed by atoms with van der Waals surface area (Å²) in [6.07, 6.45) is 2.81. The highest BCUT2D eigenvalue weighted by atomic mass is 32.2. The zero-order chi connectivity index (χ0) is 18.2. The van der Waals surface area contributed by atoms with Gasteiger partial charge in [0.2, 0.25) is 0 Å². The van der Waals surface area contributed by atoms with Crippen molar-refractivity contribution in [2.24, 2.45) is 10.9 Å². The number of amides is 1. The lowest BCUT2D eigenvalue weighted by Gasteiger charge is -2.05. The van der Waals surface area contributed by atoms with Crippen LogP contribution in [0.3, 0.4) is 0 Å². The standard InChI is InChI=1S/C16H18N2O5S2/c1-3-23-14(19)9-18-12-7-6-11(25(2,21)22)8-13(12)24-16(18)17-15(20)10-4-5-10/h6-8,10H,3-5,9H2,1-2H3. The van der Waals surface area contributed by atoms with Gasteiger partial charge in [-0.1, -0.05) is 11.3 Å². The molecule has 134 valence electrons. The van der Waals surface area contributed by atoms with Crippen LogP contribution in [0.4, 0.5) is 0 Å². The first-order valence-electron chi connectivity index (χ1n) is 7.87. The second kappa shape index (κ2) is 6.72. The lowest BCUT2D eigenvalue weighted by Crippen LogP contribution is -2.23. The molecule has 0 bridgehead atoms. The van der Waals surface area contributed by atoms with E-state index in [0.29, 0.717) is 15.0 Å². The third-order valence-corrected chi connectivity index (χ3v) is 5.96. The van der Waals surface area contributed by atoms with Crippen LogP contribution in [0.5, 0.6) is 0 Å². The average molecular weight is 382 g/mol. The monoisotopic (exact) mass is 382 g/mol. The normalized spacial score (nSPS) is 15.5. The smallest absolute Gasteiger partial charge is 0.326 e. The molecule has 7 nitrogen and oxygen atoms in total. The number of carbonyl (C=O) groups is 2. The third-order valence-electron chi connectivity index (χ3n) is 3.81. The van der Waals surface area contributed by atoms with Crippen molar-refractivity contribution < 1.29 is 22.7 Å². The van der Waals surface area contributed by atoms with Crippen LogP contribution in [0.2, 0.25) is 0 Å². The molecular formula is C16H18N2O5S2. The molecule has 1 aromatic carbocycles. The fourth-order valence-corrected chi connectivity index (χ4v) is 4.17. The van der Waals surface area contributed by atoms with E-state index in [1.54, 1.807) is 17.6 Å². The Hall–Kier alpha value is -2.00. The highest BCUT2D eigenvalue weighted by Crippen LogP contribution is 2.30. The number of aromatic nitrogens is 1. The average Bonchev–Trinajstić information content (AvgIpc) is 3.32. The molecule has 0 saturated heterocycles. The van der Waals surface area contributed by atoms with Gasteiger partial charge in [-0.2, -0.15) is 4.99 Å². The maximum Gasteiger partial charge on any atom is 0.326 e. The predicted molar refractivity (Wildman–Crippen MR) is 92.9 cm³/mol. The van der Waals surface area contributed by atoms with Gasteiger partial charge in [-0.05, 0) is 38.0 Å². The van der Waals surface area contributed by atoms with Crippen molar-refractivity contribution in [3.8, 4) is 0 Å². The minimum absolute atomic E-state index is 0.0344. The Morgan fingerprint density at radius 3 is 2.68 bits per heavy atom. The Balaban J connectivity index is 2.14. The molecule has 1 aromatic heterocycles. The number of sulfone groups is 1. The summed E-state index contributed by atoms with van der Waals surface area (Å²) in [7, 11) is -3.35. The minimum Gasteiger partial charge on any atom is -0.465 e. The number of benzene rings is 1. The van der Waals surface area contributed by atoms with Gasteiger partial charge in [0, 0.05) is 12.2 Å². The highest BCUT2D eigenvalue weighted by molar-refractivity contribution is 7.90. The predicted octanol–water partition coefficient (Wildman–Crippen LogP) is 1.51. The molecular weight excluding hydrogens is 364 g/mol. The number of hydrogen-bond acceptors (Lipinski definition) is 6. The Labute approximate surface area is 148 Å². The molecule has 9 heteroatoms. The number of ether oxygens (including phenoxy) is 1. The van der Waals surface area contributed by atoms with E-state index in [-0.39, 0.29) is 29.9 Å². The second-order valence-corrected chi connectivity index (χ2v) is 8.93. The van der Waals surface area contributed by atoms with Gasteiger partial charge in [0.25, 0.3) is 5.91 Å². The second-order valence-electron chi connectivity index (χ2n) is 5.90. The van der Waals surface area contributed by atoms with Crippen LogP contribution in [-0.4, -0.2) is 37.7 Å². The van der Waals surface area contributed by atoms with Gasteiger partial charge in [0.1, 0.15) is 6.54 Å². The van der Waals surface area contributed by atoms with E-state index in [1.807, 2.05) is 0 Å². The molecule has 1 heterocycles. The lowest BCUT2D eigenvalue weighted by atomic mass is 10.3. The summed E-state index contributed by atoms with van der Waals surface area (Å²) in [5.41, 5.74) is 0.646. The molecule has 25 heavy (non-hydrogen) atoms. The summed E-state index contributed by atoms with van der Waals surface area (Å²) in [4.78, 5) is 28.7. The van der Waals surface area contributed by atoms with Crippen LogP contribution in [0, 0.1) is 5.92 Å². The van der Waals surface area contributed by atoms with Crippen molar-refractivity contribution in [1.29, 1.82) is 0 Å². The first-order valence-corrected chi connectivity index (χ1v) is 10.6. The molecule has 1 aliphatic rings. The molecule has 1 fully saturated rings. The van der Waals surface area contributed by atoms with Gasteiger partial charge < -0.3 is 9.30 Å². The fourth-order valence-electron chi connectivity index (χ4n) is 2.37. The topological polar surface area (TPSA) is 94.8 Å².